The summed E-state index contributed by atoms with van der Waals surface area (Å²) >= 11 is 0. The second-order valence-electron chi connectivity index (χ2n) is 3.81. The van der Waals surface area contributed by atoms with Crippen LogP contribution in [-0.2, 0) is 9.59 Å². The largest absolute Gasteiger partial charge is 0.481 e. The predicted octanol–water partition coefficient (Wildman–Crippen LogP) is 0.225. The van der Waals surface area contributed by atoms with Gasteiger partial charge in [0.15, 0.2) is 0 Å². The molecule has 0 unspecified atom stereocenters. The maximum Gasteiger partial charge on any atom is 0.303 e. The van der Waals surface area contributed by atoms with Gasteiger partial charge in [0.2, 0.25) is 5.91 Å². The number of aliphatic hydroxyl groups is 1. The molecule has 1 amide bonds. The normalized spacial score (nSPS) is 20.6. The van der Waals surface area contributed by atoms with Crippen molar-refractivity contribution in [3.05, 3.63) is 0 Å². The van der Waals surface area contributed by atoms with Crippen molar-refractivity contribution in [1.82, 2.24) is 4.90 Å². The molecule has 1 rings (SSSR count). The Morgan fingerprint density at radius 1 is 1.33 bits per heavy atom. The van der Waals surface area contributed by atoms with E-state index >= 15 is 0 Å². The zero-order valence-corrected chi connectivity index (χ0v) is 8.69. The molecule has 5 nitrogen and oxygen atoms in total. The van der Waals surface area contributed by atoms with Gasteiger partial charge in [0.05, 0.1) is 12.6 Å². The minimum Gasteiger partial charge on any atom is -0.481 e. The summed E-state index contributed by atoms with van der Waals surface area (Å²) in [7, 11) is 0. The SMILES string of the molecule is O=C(O)CCCC(=O)N1CCC[C@@H]1CO. The Hall–Kier alpha value is -1.10. The van der Waals surface area contributed by atoms with E-state index in [2.05, 4.69) is 0 Å². The van der Waals surface area contributed by atoms with Gasteiger partial charge in [-0.3, -0.25) is 9.59 Å². The van der Waals surface area contributed by atoms with Crippen LogP contribution in [-0.4, -0.2) is 46.2 Å². The van der Waals surface area contributed by atoms with Crippen molar-refractivity contribution in [2.75, 3.05) is 13.2 Å². The molecule has 1 aliphatic heterocycles. The third kappa shape index (κ3) is 3.51. The van der Waals surface area contributed by atoms with Crippen LogP contribution in [0.1, 0.15) is 32.1 Å². The molecule has 0 radical (unpaired) electrons. The van der Waals surface area contributed by atoms with Gasteiger partial charge in [0.25, 0.3) is 0 Å². The maximum atomic E-state index is 11.6. The number of rotatable bonds is 5. The molecular formula is C10H17NO4. The third-order valence-corrected chi connectivity index (χ3v) is 2.69. The highest BCUT2D eigenvalue weighted by Crippen LogP contribution is 2.18. The lowest BCUT2D eigenvalue weighted by Crippen LogP contribution is -2.37. The highest BCUT2D eigenvalue weighted by atomic mass is 16.4. The van der Waals surface area contributed by atoms with Gasteiger partial charge < -0.3 is 15.1 Å². The first-order chi connectivity index (χ1) is 7.15. The minimum atomic E-state index is -0.872. The van der Waals surface area contributed by atoms with E-state index in [0.29, 0.717) is 13.0 Å². The fourth-order valence-corrected chi connectivity index (χ4v) is 1.89. The number of hydrogen-bond donors (Lipinski definition) is 2. The van der Waals surface area contributed by atoms with E-state index in [9.17, 15) is 9.59 Å². The molecule has 0 bridgehead atoms. The van der Waals surface area contributed by atoms with E-state index < -0.39 is 5.97 Å². The lowest BCUT2D eigenvalue weighted by atomic mass is 10.2. The maximum absolute atomic E-state index is 11.6. The minimum absolute atomic E-state index is 0.00463. The Labute approximate surface area is 88.7 Å². The van der Waals surface area contributed by atoms with Gasteiger partial charge in [0, 0.05) is 19.4 Å². The highest BCUT2D eigenvalue weighted by molar-refractivity contribution is 5.77. The monoisotopic (exact) mass is 215 g/mol. The van der Waals surface area contributed by atoms with Crippen LogP contribution >= 0.6 is 0 Å². The van der Waals surface area contributed by atoms with Crippen LogP contribution < -0.4 is 0 Å². The van der Waals surface area contributed by atoms with Crippen molar-refractivity contribution in [1.29, 1.82) is 0 Å². The second-order valence-corrected chi connectivity index (χ2v) is 3.81. The fraction of sp³-hybridized carbons (Fsp3) is 0.800. The molecule has 15 heavy (non-hydrogen) atoms. The number of carboxylic acids is 1. The Balaban J connectivity index is 2.29. The molecule has 0 aliphatic carbocycles. The first kappa shape index (κ1) is 12.0. The molecule has 0 aromatic heterocycles. The van der Waals surface area contributed by atoms with Crippen LogP contribution in [0.2, 0.25) is 0 Å². The Bertz CT molecular complexity index is 242. The van der Waals surface area contributed by atoms with Gasteiger partial charge in [-0.1, -0.05) is 0 Å². The second kappa shape index (κ2) is 5.70. The summed E-state index contributed by atoms with van der Waals surface area (Å²) in [5.41, 5.74) is 0. The summed E-state index contributed by atoms with van der Waals surface area (Å²) in [6.07, 6.45) is 2.45. The van der Waals surface area contributed by atoms with Crippen molar-refractivity contribution < 1.29 is 19.8 Å². The molecule has 86 valence electrons. The number of nitrogens with zero attached hydrogens (tertiary/aromatic N) is 1. The molecule has 1 saturated heterocycles. The van der Waals surface area contributed by atoms with Gasteiger partial charge in [-0.25, -0.2) is 0 Å². The van der Waals surface area contributed by atoms with E-state index in [1.54, 1.807) is 4.90 Å². The lowest BCUT2D eigenvalue weighted by Gasteiger charge is -2.22. The van der Waals surface area contributed by atoms with E-state index in [1.807, 2.05) is 0 Å². The standard InChI is InChI=1S/C10H17NO4/c12-7-8-3-2-6-11(8)9(13)4-1-5-10(14)15/h8,12H,1-7H2,(H,14,15)/t8-/m1/s1. The molecule has 1 fully saturated rings. The van der Waals surface area contributed by atoms with Crippen LogP contribution in [0.4, 0.5) is 0 Å². The van der Waals surface area contributed by atoms with Crippen molar-refractivity contribution in [2.45, 2.75) is 38.1 Å². The van der Waals surface area contributed by atoms with E-state index in [4.69, 9.17) is 10.2 Å². The number of carboxylic acid groups (broad SMARTS) is 1. The Morgan fingerprint density at radius 3 is 2.67 bits per heavy atom. The van der Waals surface area contributed by atoms with Crippen molar-refractivity contribution in [3.63, 3.8) is 0 Å². The van der Waals surface area contributed by atoms with Crippen molar-refractivity contribution in [3.8, 4) is 0 Å². The zero-order chi connectivity index (χ0) is 11.3. The molecule has 5 heteroatoms. The van der Waals surface area contributed by atoms with Crippen molar-refractivity contribution >= 4 is 11.9 Å². The van der Waals surface area contributed by atoms with E-state index in [-0.39, 0.29) is 31.4 Å². The summed E-state index contributed by atoms with van der Waals surface area (Å²) in [6.45, 7) is 0.696. The number of carbonyl (C=O) groups excluding carboxylic acids is 1. The summed E-state index contributed by atoms with van der Waals surface area (Å²) in [5.74, 6) is -0.907. The van der Waals surface area contributed by atoms with E-state index in [0.717, 1.165) is 12.8 Å². The van der Waals surface area contributed by atoms with Gasteiger partial charge in [-0.05, 0) is 19.3 Å². The summed E-state index contributed by atoms with van der Waals surface area (Å²) in [5, 5.41) is 17.4. The quantitative estimate of drug-likeness (QED) is 0.688. The molecular weight excluding hydrogens is 198 g/mol. The van der Waals surface area contributed by atoms with Crippen LogP contribution in [0, 0.1) is 0 Å². The van der Waals surface area contributed by atoms with Gasteiger partial charge >= 0.3 is 5.97 Å². The summed E-state index contributed by atoms with van der Waals surface area (Å²) in [6, 6.07) is -0.0534. The first-order valence-electron chi connectivity index (χ1n) is 5.27. The lowest BCUT2D eigenvalue weighted by molar-refractivity contribution is -0.137. The van der Waals surface area contributed by atoms with Crippen LogP contribution in [0.3, 0.4) is 0 Å². The molecule has 0 aromatic rings. The highest BCUT2D eigenvalue weighted by Gasteiger charge is 2.27. The van der Waals surface area contributed by atoms with Gasteiger partial charge in [-0.2, -0.15) is 0 Å². The zero-order valence-electron chi connectivity index (χ0n) is 8.69. The van der Waals surface area contributed by atoms with Crippen molar-refractivity contribution in [2.24, 2.45) is 0 Å². The molecule has 1 aliphatic rings. The average Bonchev–Trinajstić information content (AvgIpc) is 2.64. The molecule has 0 aromatic carbocycles. The number of hydrogen-bond acceptors (Lipinski definition) is 3. The van der Waals surface area contributed by atoms with Crippen LogP contribution in [0.15, 0.2) is 0 Å². The smallest absolute Gasteiger partial charge is 0.303 e. The number of likely N-dealkylation sites (tertiary alicyclic amines) is 1. The molecule has 0 saturated carbocycles. The fourth-order valence-electron chi connectivity index (χ4n) is 1.89. The summed E-state index contributed by atoms with van der Waals surface area (Å²) < 4.78 is 0. The Kier molecular flexibility index (Phi) is 4.55. The average molecular weight is 215 g/mol. The van der Waals surface area contributed by atoms with E-state index in [1.165, 1.54) is 0 Å². The third-order valence-electron chi connectivity index (χ3n) is 2.69. The summed E-state index contributed by atoms with van der Waals surface area (Å²) in [4.78, 5) is 23.5. The van der Waals surface area contributed by atoms with Crippen LogP contribution in [0.25, 0.3) is 0 Å². The molecule has 2 N–H and O–H groups in total. The first-order valence-corrected chi connectivity index (χ1v) is 5.27. The van der Waals surface area contributed by atoms with Gasteiger partial charge in [-0.15, -0.1) is 0 Å². The van der Waals surface area contributed by atoms with Crippen LogP contribution in [0.5, 0.6) is 0 Å². The predicted molar refractivity (Wildman–Crippen MR) is 53.3 cm³/mol. The number of amides is 1. The topological polar surface area (TPSA) is 77.8 Å². The molecule has 1 atom stereocenters. The number of aliphatic carboxylic acids is 1. The molecule has 1 heterocycles. The number of carbonyl (C=O) groups is 2. The Morgan fingerprint density at radius 2 is 2.07 bits per heavy atom. The van der Waals surface area contributed by atoms with Gasteiger partial charge in [0.1, 0.15) is 0 Å². The molecule has 0 spiro atoms. The number of aliphatic hydroxyl groups excluding tert-OH is 1.